The molecule has 0 atom stereocenters. The van der Waals surface area contributed by atoms with Gasteiger partial charge >= 0.3 is 55.8 Å². The summed E-state index contributed by atoms with van der Waals surface area (Å²) < 4.78 is 130. The van der Waals surface area contributed by atoms with Gasteiger partial charge in [-0.25, -0.2) is 16.8 Å². The smallest absolute Gasteiger partial charge is 0.741 e. The van der Waals surface area contributed by atoms with E-state index < -0.39 is 47.1 Å². The summed E-state index contributed by atoms with van der Waals surface area (Å²) in [5, 5.41) is 3.74. The van der Waals surface area contributed by atoms with E-state index in [-0.39, 0.29) is 44.8 Å². The van der Waals surface area contributed by atoms with E-state index in [2.05, 4.69) is 146 Å². The van der Waals surface area contributed by atoms with Crippen LogP contribution in [0.1, 0.15) is 208 Å². The Kier molecular flexibility index (Phi) is 24.5. The number of ether oxygens (including phenoxy) is 2. The molecular weight excluding hydrogens is 1630 g/mol. The third kappa shape index (κ3) is 15.0. The average molecular weight is 1710 g/mol. The Morgan fingerprint density at radius 2 is 0.543 bits per heavy atom. The number of hydrogen-bond donors (Lipinski definition) is 0. The second-order valence-electron chi connectivity index (χ2n) is 25.4. The van der Waals surface area contributed by atoms with Gasteiger partial charge in [0.15, 0.2) is 20.2 Å². The molecule has 92 heavy (non-hydrogen) atoms. The molecule has 8 nitrogen and oxygen atoms in total. The van der Waals surface area contributed by atoms with E-state index in [1.807, 2.05) is 24.8 Å². The number of allylic oxidation sites excluding steroid dienone is 4. The van der Waals surface area contributed by atoms with Gasteiger partial charge in [-0.15, -0.1) is 0 Å². The van der Waals surface area contributed by atoms with Crippen molar-refractivity contribution in [2.24, 2.45) is 0 Å². The molecule has 0 aromatic heterocycles. The van der Waals surface area contributed by atoms with Crippen LogP contribution in [0.2, 0.25) is 0 Å². The van der Waals surface area contributed by atoms with Crippen molar-refractivity contribution >= 4 is 47.2 Å². The molecule has 0 unspecified atom stereocenters. The molecule has 4 saturated carbocycles. The molecule has 10 aliphatic carbocycles. The molecule has 0 spiro atoms. The third-order valence-electron chi connectivity index (χ3n) is 20.4. The van der Waals surface area contributed by atoms with Gasteiger partial charge < -0.3 is 18.6 Å². The average Bonchev–Trinajstić information content (AvgIpc) is 0.704. The molecule has 16 rings (SSSR count). The van der Waals surface area contributed by atoms with Crippen LogP contribution in [-0.2, 0) is 65.0 Å². The topological polar surface area (TPSA) is 133 Å². The predicted molar refractivity (Wildman–Crippen MR) is 349 cm³/mol. The van der Waals surface area contributed by atoms with Crippen molar-refractivity contribution < 1.29 is 107 Å². The fourth-order valence-corrected chi connectivity index (χ4v) is 26.5. The Hall–Kier alpha value is -3.86. The monoisotopic (exact) mass is 1710 g/mol. The summed E-state index contributed by atoms with van der Waals surface area (Å²) in [6.07, 6.45) is 28.8. The summed E-state index contributed by atoms with van der Waals surface area (Å²) in [6.45, 7) is 0. The first-order valence-electron chi connectivity index (χ1n) is 32.1. The maximum Gasteiger partial charge on any atom is 1.00 e. The van der Waals surface area contributed by atoms with Crippen molar-refractivity contribution in [1.82, 2.24) is 0 Å². The van der Waals surface area contributed by atoms with Gasteiger partial charge in [-0.1, -0.05) is 159 Å². The second kappa shape index (κ2) is 31.1. The van der Waals surface area contributed by atoms with Crippen molar-refractivity contribution in [2.45, 2.75) is 186 Å². The summed E-state index contributed by atoms with van der Waals surface area (Å²) in [4.78, 5) is 0. The fourth-order valence-electron chi connectivity index (χ4n) is 16.9. The first-order valence-corrected chi connectivity index (χ1v) is 38.2. The van der Waals surface area contributed by atoms with E-state index in [4.69, 9.17) is 35.4 Å². The van der Waals surface area contributed by atoms with Gasteiger partial charge in [0.1, 0.15) is 11.5 Å². The molecule has 20 heteroatoms. The first kappa shape index (κ1) is 72.4. The van der Waals surface area contributed by atoms with Crippen molar-refractivity contribution in [3.8, 4) is 11.5 Å². The normalized spacial score (nSPS) is 21.5. The molecule has 10 aliphatic rings. The number of alkyl halides is 6. The summed E-state index contributed by atoms with van der Waals surface area (Å²) in [5.74, 6) is 3.55. The Morgan fingerprint density at radius 3 is 0.750 bits per heavy atom. The molecule has 0 N–H and O–H groups in total. The van der Waals surface area contributed by atoms with Gasteiger partial charge in [-0.05, 0) is 159 Å². The zero-order valence-corrected chi connectivity index (χ0v) is 59.5. The van der Waals surface area contributed by atoms with Gasteiger partial charge in [-0.2, -0.15) is 26.3 Å². The van der Waals surface area contributed by atoms with E-state index in [1.54, 1.807) is 33.4 Å². The van der Waals surface area contributed by atoms with Crippen molar-refractivity contribution in [3.63, 3.8) is 0 Å². The Morgan fingerprint density at radius 1 is 0.348 bits per heavy atom. The van der Waals surface area contributed by atoms with Crippen LogP contribution in [0.3, 0.4) is 0 Å². The number of benzene rings is 6. The number of rotatable bonds is 10. The first-order chi connectivity index (χ1) is 43.2. The zero-order chi connectivity index (χ0) is 63.5. The van der Waals surface area contributed by atoms with Gasteiger partial charge in [0.05, 0.1) is 59.3 Å². The fraction of sp³-hybridized carbons (Fsp3) is 0.444. The molecule has 0 aliphatic heterocycles. The van der Waals surface area contributed by atoms with Crippen LogP contribution >= 0.6 is 15.8 Å². The van der Waals surface area contributed by atoms with Gasteiger partial charge in [0, 0.05) is 50.0 Å². The van der Waals surface area contributed by atoms with E-state index >= 15 is 0 Å². The second-order valence-corrected chi connectivity index (χ2v) is 34.3. The van der Waals surface area contributed by atoms with Crippen LogP contribution in [-0.4, -0.2) is 73.8 Å². The van der Waals surface area contributed by atoms with Crippen molar-refractivity contribution in [3.05, 3.63) is 212 Å². The van der Waals surface area contributed by atoms with Gasteiger partial charge in [0.25, 0.3) is 0 Å². The van der Waals surface area contributed by atoms with Crippen LogP contribution < -0.4 is 9.47 Å². The number of methoxy groups -OCH3 is 2. The molecule has 6 aromatic rings. The van der Waals surface area contributed by atoms with E-state index in [9.17, 15) is 26.3 Å². The largest absolute Gasteiger partial charge is 1.00 e. The predicted octanol–water partition coefficient (Wildman–Crippen LogP) is 19.3. The van der Waals surface area contributed by atoms with Crippen LogP contribution in [0.5, 0.6) is 11.5 Å². The van der Waals surface area contributed by atoms with Gasteiger partial charge in [-0.3, -0.25) is 0 Å². The van der Waals surface area contributed by atoms with Crippen LogP contribution in [0.4, 0.5) is 26.3 Å². The quantitative estimate of drug-likeness (QED) is 0.0435. The maximum absolute atomic E-state index is 10.7. The third-order valence-corrected chi connectivity index (χ3v) is 29.7. The van der Waals surface area contributed by atoms with Crippen LogP contribution in [0.25, 0.3) is 11.1 Å². The standard InChI is InChI=1S/2C35H39OP.2CHF3O3S.2Au/c2*1-36-31-23-13-12-22-30(31)34-32-26-18-8-10-20-28(26)33(29-21-11-9-19-27(29)32)35(34)37(24-14-4-2-5-15-24)25-16-6-3-7-17-25;2*2-1(3,4)8(5,6)7;;/h2*8-13,18-25,32-33H,2-7,14-17H2,1H3;2*(H,5,6,7);;/q;;;;2*+1. The molecule has 0 saturated heterocycles. The maximum atomic E-state index is 10.7. The number of halogens is 6. The van der Waals surface area contributed by atoms with E-state index in [0.717, 1.165) is 34.1 Å². The molecule has 4 fully saturated rings. The summed E-state index contributed by atoms with van der Waals surface area (Å²) in [7, 11) is -9.98. The summed E-state index contributed by atoms with van der Waals surface area (Å²) in [6, 6.07) is 55.6. The van der Waals surface area contributed by atoms with Gasteiger partial charge in [0.2, 0.25) is 0 Å². The minimum Gasteiger partial charge on any atom is -0.741 e. The van der Waals surface area contributed by atoms with E-state index in [0.29, 0.717) is 23.7 Å². The molecular formula is C72H80Au2F6O8P2S2+2. The molecule has 0 heterocycles. The molecule has 500 valence electrons. The summed E-state index contributed by atoms with van der Waals surface area (Å²) >= 11 is 0. The minimum atomic E-state index is -6.09. The Labute approximate surface area is 572 Å². The Bertz CT molecular complexity index is 3440. The minimum absolute atomic E-state index is 0. The van der Waals surface area contributed by atoms with E-state index in [1.165, 1.54) is 162 Å². The van der Waals surface area contributed by atoms with Crippen LogP contribution in [0.15, 0.2) is 156 Å². The molecule has 0 amide bonds. The Balaban J connectivity index is 0.000000173. The SMILES string of the molecule is COc1ccccc1C1=C([PH+](C2CCCCC2)C2CCCCC2)C2c3ccccc3C1c1ccccc12.COc1ccccc1C1=C([PH+](C2CCCCC2)C2CCCCC2)C2c3ccccc3C1c1ccccc12.O=S(=O)([O-])C(F)(F)F.O=S(=O)([O-])C(F)(F)F.[Au+].[Au+]. The molecule has 0 radical (unpaired) electrons. The van der Waals surface area contributed by atoms with Crippen molar-refractivity contribution in [1.29, 1.82) is 0 Å². The number of hydrogen-bond acceptors (Lipinski definition) is 8. The van der Waals surface area contributed by atoms with Crippen molar-refractivity contribution in [2.75, 3.05) is 14.2 Å². The molecule has 6 aromatic carbocycles. The zero-order valence-electron chi connectivity index (χ0n) is 51.6. The van der Waals surface area contributed by atoms with Crippen LogP contribution in [0, 0.1) is 0 Å². The summed E-state index contributed by atoms with van der Waals surface area (Å²) in [5.41, 5.74) is 10.8. The number of para-hydroxylation sites is 2. The molecule has 4 bridgehead atoms.